The second-order valence-corrected chi connectivity index (χ2v) is 5.63. The number of aryl methyl sites for hydroxylation is 2. The summed E-state index contributed by atoms with van der Waals surface area (Å²) in [7, 11) is 0. The average molecular weight is 287 g/mol. The molecule has 1 aromatic heterocycles. The van der Waals surface area contributed by atoms with Crippen molar-refractivity contribution in [3.63, 3.8) is 0 Å². The van der Waals surface area contributed by atoms with E-state index in [1.54, 1.807) is 6.07 Å². The zero-order valence-electron chi connectivity index (χ0n) is 11.4. The Labute approximate surface area is 122 Å². The summed E-state index contributed by atoms with van der Waals surface area (Å²) in [5, 5.41) is 0.623. The van der Waals surface area contributed by atoms with Crippen LogP contribution in [0, 0.1) is 0 Å². The molecule has 5 heteroatoms. The number of ether oxygens (including phenoxy) is 1. The maximum atomic E-state index is 5.82. The Morgan fingerprint density at radius 3 is 2.70 bits per heavy atom. The van der Waals surface area contributed by atoms with Crippen molar-refractivity contribution in [2.45, 2.75) is 30.8 Å². The standard InChI is InChI=1S/C15H17N3OS/c1-20-15-17-13(16)9-14(18-15)19-12-7-6-10-4-2-3-5-11(10)8-12/h6-9H,2-5H2,1H3,(H2,16,17,18). The molecule has 0 saturated carbocycles. The van der Waals surface area contributed by atoms with Crippen LogP contribution in [0.2, 0.25) is 0 Å². The summed E-state index contributed by atoms with van der Waals surface area (Å²) in [4.78, 5) is 8.42. The lowest BCUT2D eigenvalue weighted by Gasteiger charge is -2.16. The highest BCUT2D eigenvalue weighted by atomic mass is 32.2. The summed E-state index contributed by atoms with van der Waals surface area (Å²) in [6.45, 7) is 0. The number of nitrogen functional groups attached to an aromatic ring is 1. The highest BCUT2D eigenvalue weighted by Gasteiger charge is 2.11. The van der Waals surface area contributed by atoms with Crippen LogP contribution in [0.25, 0.3) is 0 Å². The summed E-state index contributed by atoms with van der Waals surface area (Å²) in [6, 6.07) is 7.93. The van der Waals surface area contributed by atoms with Gasteiger partial charge in [-0.3, -0.25) is 0 Å². The van der Waals surface area contributed by atoms with Crippen LogP contribution in [0.5, 0.6) is 11.6 Å². The van der Waals surface area contributed by atoms with Crippen molar-refractivity contribution in [3.8, 4) is 11.6 Å². The van der Waals surface area contributed by atoms with Gasteiger partial charge in [0.15, 0.2) is 5.16 Å². The predicted octanol–water partition coefficient (Wildman–Crippen LogP) is 3.45. The molecule has 1 aliphatic carbocycles. The van der Waals surface area contributed by atoms with Crippen LogP contribution in [-0.2, 0) is 12.8 Å². The molecule has 0 fully saturated rings. The molecule has 0 bridgehead atoms. The highest BCUT2D eigenvalue weighted by Crippen LogP contribution is 2.28. The number of anilines is 1. The normalized spacial score (nSPS) is 13.8. The van der Waals surface area contributed by atoms with Gasteiger partial charge in [0.1, 0.15) is 11.6 Å². The van der Waals surface area contributed by atoms with Crippen molar-refractivity contribution in [1.82, 2.24) is 9.97 Å². The van der Waals surface area contributed by atoms with Gasteiger partial charge in [0.2, 0.25) is 5.88 Å². The first-order valence-corrected chi connectivity index (χ1v) is 7.95. The van der Waals surface area contributed by atoms with E-state index in [0.717, 1.165) is 12.2 Å². The molecule has 0 spiro atoms. The minimum absolute atomic E-state index is 0.428. The Bertz CT molecular complexity index is 631. The van der Waals surface area contributed by atoms with Gasteiger partial charge in [0.25, 0.3) is 0 Å². The Hall–Kier alpha value is -1.75. The molecule has 0 radical (unpaired) electrons. The minimum atomic E-state index is 0.428. The first kappa shape index (κ1) is 13.2. The monoisotopic (exact) mass is 287 g/mol. The largest absolute Gasteiger partial charge is 0.439 e. The van der Waals surface area contributed by atoms with E-state index in [0.29, 0.717) is 16.9 Å². The highest BCUT2D eigenvalue weighted by molar-refractivity contribution is 7.98. The molecule has 0 unspecified atom stereocenters. The molecule has 4 nitrogen and oxygen atoms in total. The third-order valence-electron chi connectivity index (χ3n) is 3.43. The van der Waals surface area contributed by atoms with Crippen LogP contribution >= 0.6 is 11.8 Å². The molecule has 1 aliphatic rings. The fourth-order valence-electron chi connectivity index (χ4n) is 2.46. The maximum absolute atomic E-state index is 5.82. The summed E-state index contributed by atoms with van der Waals surface area (Å²) in [6.07, 6.45) is 6.76. The van der Waals surface area contributed by atoms with E-state index in [-0.39, 0.29) is 0 Å². The van der Waals surface area contributed by atoms with E-state index in [4.69, 9.17) is 10.5 Å². The number of hydrogen-bond acceptors (Lipinski definition) is 5. The van der Waals surface area contributed by atoms with Gasteiger partial charge in [-0.25, -0.2) is 4.98 Å². The maximum Gasteiger partial charge on any atom is 0.225 e. The third kappa shape index (κ3) is 2.88. The zero-order chi connectivity index (χ0) is 13.9. The lowest BCUT2D eigenvalue weighted by molar-refractivity contribution is 0.454. The topological polar surface area (TPSA) is 61.0 Å². The number of aromatic nitrogens is 2. The van der Waals surface area contributed by atoms with Gasteiger partial charge in [0, 0.05) is 6.07 Å². The van der Waals surface area contributed by atoms with Crippen LogP contribution < -0.4 is 10.5 Å². The van der Waals surface area contributed by atoms with E-state index in [9.17, 15) is 0 Å². The molecule has 0 saturated heterocycles. The fourth-order valence-corrected chi connectivity index (χ4v) is 2.84. The number of thioether (sulfide) groups is 1. The molecule has 3 rings (SSSR count). The number of hydrogen-bond donors (Lipinski definition) is 1. The summed E-state index contributed by atoms with van der Waals surface area (Å²) >= 11 is 1.45. The fraction of sp³-hybridized carbons (Fsp3) is 0.333. The minimum Gasteiger partial charge on any atom is -0.439 e. The van der Waals surface area contributed by atoms with Crippen molar-refractivity contribution in [2.75, 3.05) is 12.0 Å². The number of benzene rings is 1. The first-order valence-electron chi connectivity index (χ1n) is 6.73. The Kier molecular flexibility index (Phi) is 3.78. The predicted molar refractivity (Wildman–Crippen MR) is 81.4 cm³/mol. The Morgan fingerprint density at radius 1 is 1.10 bits per heavy atom. The van der Waals surface area contributed by atoms with Crippen LogP contribution in [-0.4, -0.2) is 16.2 Å². The van der Waals surface area contributed by atoms with E-state index in [1.165, 1.54) is 42.2 Å². The second-order valence-electron chi connectivity index (χ2n) is 4.86. The Morgan fingerprint density at radius 2 is 1.90 bits per heavy atom. The molecule has 1 heterocycles. The Balaban J connectivity index is 1.85. The molecule has 20 heavy (non-hydrogen) atoms. The van der Waals surface area contributed by atoms with Gasteiger partial charge in [-0.05, 0) is 55.2 Å². The van der Waals surface area contributed by atoms with Crippen molar-refractivity contribution in [1.29, 1.82) is 0 Å². The lowest BCUT2D eigenvalue weighted by atomic mass is 9.92. The summed E-state index contributed by atoms with van der Waals surface area (Å²) in [5.41, 5.74) is 8.59. The molecule has 2 aromatic rings. The molecule has 0 atom stereocenters. The van der Waals surface area contributed by atoms with Gasteiger partial charge in [-0.2, -0.15) is 4.98 Å². The number of nitrogens with two attached hydrogens (primary N) is 1. The van der Waals surface area contributed by atoms with E-state index >= 15 is 0 Å². The van der Waals surface area contributed by atoms with Crippen LogP contribution in [0.3, 0.4) is 0 Å². The van der Waals surface area contributed by atoms with Gasteiger partial charge in [-0.1, -0.05) is 17.8 Å². The summed E-state index contributed by atoms with van der Waals surface area (Å²) < 4.78 is 5.82. The van der Waals surface area contributed by atoms with Gasteiger partial charge >= 0.3 is 0 Å². The average Bonchev–Trinajstić information content (AvgIpc) is 2.46. The quantitative estimate of drug-likeness (QED) is 0.692. The molecule has 1 aromatic carbocycles. The number of rotatable bonds is 3. The van der Waals surface area contributed by atoms with Gasteiger partial charge < -0.3 is 10.5 Å². The molecule has 2 N–H and O–H groups in total. The third-order valence-corrected chi connectivity index (χ3v) is 3.97. The van der Waals surface area contributed by atoms with Crippen molar-refractivity contribution in [3.05, 3.63) is 35.4 Å². The second kappa shape index (κ2) is 5.71. The van der Waals surface area contributed by atoms with Crippen molar-refractivity contribution < 1.29 is 4.74 Å². The molecular formula is C15H17N3OS. The van der Waals surface area contributed by atoms with Crippen LogP contribution in [0.4, 0.5) is 5.82 Å². The molecule has 0 amide bonds. The number of fused-ring (bicyclic) bond motifs is 1. The van der Waals surface area contributed by atoms with E-state index in [2.05, 4.69) is 22.1 Å². The zero-order valence-corrected chi connectivity index (χ0v) is 12.2. The first-order chi connectivity index (χ1) is 9.74. The molecule has 0 aliphatic heterocycles. The van der Waals surface area contributed by atoms with E-state index < -0.39 is 0 Å². The SMILES string of the molecule is CSc1nc(N)cc(Oc2ccc3c(c2)CCCC3)n1. The van der Waals surface area contributed by atoms with Gasteiger partial charge in [-0.15, -0.1) is 0 Å². The number of nitrogens with zero attached hydrogens (tertiary/aromatic N) is 2. The van der Waals surface area contributed by atoms with E-state index in [1.807, 2.05) is 12.3 Å². The van der Waals surface area contributed by atoms with Crippen molar-refractivity contribution >= 4 is 17.6 Å². The molecule has 104 valence electrons. The van der Waals surface area contributed by atoms with Gasteiger partial charge in [0.05, 0.1) is 0 Å². The van der Waals surface area contributed by atoms with Crippen molar-refractivity contribution in [2.24, 2.45) is 0 Å². The van der Waals surface area contributed by atoms with Crippen LogP contribution in [0.1, 0.15) is 24.0 Å². The lowest BCUT2D eigenvalue weighted by Crippen LogP contribution is -2.03. The molecular weight excluding hydrogens is 270 g/mol. The smallest absolute Gasteiger partial charge is 0.225 e. The summed E-state index contributed by atoms with van der Waals surface area (Å²) in [5.74, 6) is 1.74. The van der Waals surface area contributed by atoms with Crippen LogP contribution in [0.15, 0.2) is 29.4 Å².